The number of amides is 1. The average molecular weight is 539 g/mol. The van der Waals surface area contributed by atoms with Crippen LogP contribution in [0.3, 0.4) is 0 Å². The summed E-state index contributed by atoms with van der Waals surface area (Å²) < 4.78 is 55.4. The Balaban J connectivity index is 1.39. The van der Waals surface area contributed by atoms with E-state index in [1.807, 2.05) is 0 Å². The Morgan fingerprint density at radius 1 is 1.05 bits per heavy atom. The monoisotopic (exact) mass is 538 g/mol. The molecule has 2 heterocycles. The van der Waals surface area contributed by atoms with Crippen molar-refractivity contribution < 1.29 is 22.0 Å². The van der Waals surface area contributed by atoms with Crippen LogP contribution in [0.25, 0.3) is 11.3 Å². The smallest absolute Gasteiger partial charge is 0.268 e. The van der Waals surface area contributed by atoms with E-state index in [9.17, 15) is 22.0 Å². The van der Waals surface area contributed by atoms with E-state index in [4.69, 9.17) is 0 Å². The number of para-hydroxylation sites is 1. The summed E-state index contributed by atoms with van der Waals surface area (Å²) >= 11 is 1.04. The van der Waals surface area contributed by atoms with Crippen LogP contribution in [-0.4, -0.2) is 30.0 Å². The molecule has 3 aromatic carbocycles. The van der Waals surface area contributed by atoms with Crippen LogP contribution in [0.2, 0.25) is 0 Å². The second-order valence-corrected chi connectivity index (χ2v) is 11.1. The topological polar surface area (TPSA) is 92.3 Å². The number of halogens is 2. The van der Waals surface area contributed by atoms with Crippen molar-refractivity contribution in [1.29, 1.82) is 0 Å². The summed E-state index contributed by atoms with van der Waals surface area (Å²) in [5.74, 6) is -1.27. The molecular formula is C26H20F2N4O3S2. The minimum Gasteiger partial charge on any atom is -0.325 e. The highest BCUT2D eigenvalue weighted by Crippen LogP contribution is 2.42. The lowest BCUT2D eigenvalue weighted by atomic mass is 10.1. The minimum atomic E-state index is -4.01. The molecule has 0 aliphatic carbocycles. The van der Waals surface area contributed by atoms with Gasteiger partial charge in [0, 0.05) is 11.3 Å². The van der Waals surface area contributed by atoms with Crippen molar-refractivity contribution in [3.05, 3.63) is 95.7 Å². The third kappa shape index (κ3) is 5.05. The summed E-state index contributed by atoms with van der Waals surface area (Å²) in [5, 5.41) is 2.85. The van der Waals surface area contributed by atoms with Gasteiger partial charge in [0.15, 0.2) is 5.16 Å². The number of anilines is 2. The van der Waals surface area contributed by atoms with Crippen molar-refractivity contribution in [1.82, 2.24) is 9.97 Å². The van der Waals surface area contributed by atoms with E-state index >= 15 is 0 Å². The summed E-state index contributed by atoms with van der Waals surface area (Å²) in [5.41, 5.74) is 2.70. The number of hydrogen-bond donors (Lipinski definition) is 1. The molecule has 7 nitrogen and oxygen atoms in total. The highest BCUT2D eigenvalue weighted by Gasteiger charge is 2.36. The first-order valence-electron chi connectivity index (χ1n) is 11.1. The van der Waals surface area contributed by atoms with E-state index in [-0.39, 0.29) is 34.0 Å². The molecule has 0 saturated carbocycles. The summed E-state index contributed by atoms with van der Waals surface area (Å²) in [6.07, 6.45) is 1.24. The lowest BCUT2D eigenvalue weighted by Crippen LogP contribution is -2.34. The minimum absolute atomic E-state index is 0.00927. The molecule has 1 amide bonds. The standard InChI is InChI=1S/C26H20F2N4O3S2/c1-16-6-11-19(12-21(16)28)30-24(33)15-36-26-29-13-23-25(31-26)20-4-2-3-5-22(20)32(37(23,34)35)14-17-7-9-18(27)10-8-17/h2-13H,14-15H2,1H3,(H,30,33). The van der Waals surface area contributed by atoms with Gasteiger partial charge in [0.25, 0.3) is 10.0 Å². The third-order valence-electron chi connectivity index (χ3n) is 5.76. The Hall–Kier alpha value is -3.83. The van der Waals surface area contributed by atoms with Crippen LogP contribution in [0.5, 0.6) is 0 Å². The number of carbonyl (C=O) groups excluding carboxylic acids is 1. The fourth-order valence-corrected chi connectivity index (χ4v) is 6.04. The first-order valence-corrected chi connectivity index (χ1v) is 13.6. The lowest BCUT2D eigenvalue weighted by Gasteiger charge is -2.31. The molecule has 1 aliphatic rings. The molecule has 1 N–H and O–H groups in total. The van der Waals surface area contributed by atoms with E-state index in [0.29, 0.717) is 28.1 Å². The third-order valence-corrected chi connectivity index (χ3v) is 8.38. The number of nitrogens with zero attached hydrogens (tertiary/aromatic N) is 3. The SMILES string of the molecule is Cc1ccc(NC(=O)CSc2ncc3c(n2)-c2ccccc2N(Cc2ccc(F)cc2)S3(=O)=O)cc1F. The highest BCUT2D eigenvalue weighted by molar-refractivity contribution is 7.99. The van der Waals surface area contributed by atoms with Gasteiger partial charge in [-0.25, -0.2) is 27.2 Å². The Morgan fingerprint density at radius 3 is 2.57 bits per heavy atom. The Bertz CT molecular complexity index is 1610. The summed E-state index contributed by atoms with van der Waals surface area (Å²) in [4.78, 5) is 21.0. The number of nitrogens with one attached hydrogen (secondary N) is 1. The number of carbonyl (C=O) groups is 1. The fourth-order valence-electron chi connectivity index (χ4n) is 3.87. The van der Waals surface area contributed by atoms with Gasteiger partial charge in [-0.2, -0.15) is 0 Å². The second kappa shape index (κ2) is 9.91. The molecule has 11 heteroatoms. The van der Waals surface area contributed by atoms with E-state index < -0.39 is 21.7 Å². The molecule has 0 fully saturated rings. The van der Waals surface area contributed by atoms with Crippen LogP contribution in [-0.2, 0) is 21.4 Å². The molecule has 5 rings (SSSR count). The molecule has 188 valence electrons. The van der Waals surface area contributed by atoms with Crippen LogP contribution in [0.15, 0.2) is 83.0 Å². The van der Waals surface area contributed by atoms with Crippen LogP contribution in [0.1, 0.15) is 11.1 Å². The number of aryl methyl sites for hydroxylation is 1. The van der Waals surface area contributed by atoms with E-state index in [2.05, 4.69) is 15.3 Å². The lowest BCUT2D eigenvalue weighted by molar-refractivity contribution is -0.113. The Kier molecular flexibility index (Phi) is 6.65. The number of hydrogen-bond acceptors (Lipinski definition) is 6. The quantitative estimate of drug-likeness (QED) is 0.269. The highest BCUT2D eigenvalue weighted by atomic mass is 32.2. The molecule has 0 radical (unpaired) electrons. The summed E-state index contributed by atoms with van der Waals surface area (Å²) in [7, 11) is -4.01. The molecule has 0 bridgehead atoms. The predicted molar refractivity (Wildman–Crippen MR) is 138 cm³/mol. The Morgan fingerprint density at radius 2 is 1.81 bits per heavy atom. The van der Waals surface area contributed by atoms with Crippen molar-refractivity contribution in [3.8, 4) is 11.3 Å². The maximum absolute atomic E-state index is 13.7. The van der Waals surface area contributed by atoms with Crippen molar-refractivity contribution >= 4 is 39.1 Å². The maximum Gasteiger partial charge on any atom is 0.268 e. The number of rotatable bonds is 6. The second-order valence-electron chi connectivity index (χ2n) is 8.32. The zero-order valence-corrected chi connectivity index (χ0v) is 21.1. The maximum atomic E-state index is 13.7. The fraction of sp³-hybridized carbons (Fsp3) is 0.115. The van der Waals surface area contributed by atoms with Gasteiger partial charge in [0.05, 0.1) is 29.9 Å². The van der Waals surface area contributed by atoms with Crippen LogP contribution < -0.4 is 9.62 Å². The number of aromatic nitrogens is 2. The largest absolute Gasteiger partial charge is 0.325 e. The molecule has 1 aliphatic heterocycles. The molecule has 37 heavy (non-hydrogen) atoms. The van der Waals surface area contributed by atoms with E-state index in [1.165, 1.54) is 40.8 Å². The molecule has 0 saturated heterocycles. The first kappa shape index (κ1) is 24.8. The van der Waals surface area contributed by atoms with Crippen molar-refractivity contribution in [3.63, 3.8) is 0 Å². The van der Waals surface area contributed by atoms with E-state index in [0.717, 1.165) is 11.8 Å². The molecule has 4 aromatic rings. The van der Waals surface area contributed by atoms with Gasteiger partial charge in [-0.3, -0.25) is 9.10 Å². The van der Waals surface area contributed by atoms with Crippen LogP contribution in [0, 0.1) is 18.6 Å². The normalized spacial score (nSPS) is 13.5. The van der Waals surface area contributed by atoms with Gasteiger partial charge in [0.1, 0.15) is 16.5 Å². The van der Waals surface area contributed by atoms with Crippen LogP contribution in [0.4, 0.5) is 20.2 Å². The molecule has 0 atom stereocenters. The van der Waals surface area contributed by atoms with Crippen molar-refractivity contribution in [2.75, 3.05) is 15.4 Å². The van der Waals surface area contributed by atoms with Crippen molar-refractivity contribution in [2.24, 2.45) is 0 Å². The number of thioether (sulfide) groups is 1. The predicted octanol–water partition coefficient (Wildman–Crippen LogP) is 5.17. The van der Waals surface area contributed by atoms with Crippen LogP contribution >= 0.6 is 11.8 Å². The summed E-state index contributed by atoms with van der Waals surface area (Å²) in [6.45, 7) is 1.64. The average Bonchev–Trinajstić information content (AvgIpc) is 2.88. The van der Waals surface area contributed by atoms with Gasteiger partial charge >= 0.3 is 0 Å². The number of benzene rings is 3. The first-order chi connectivity index (χ1) is 17.7. The van der Waals surface area contributed by atoms with Gasteiger partial charge in [-0.15, -0.1) is 0 Å². The van der Waals surface area contributed by atoms with Gasteiger partial charge in [-0.05, 0) is 48.4 Å². The summed E-state index contributed by atoms with van der Waals surface area (Å²) in [6, 6.07) is 17.0. The Labute approximate surface area is 216 Å². The zero-order valence-electron chi connectivity index (χ0n) is 19.5. The van der Waals surface area contributed by atoms with Gasteiger partial charge in [-0.1, -0.05) is 48.2 Å². The molecule has 0 spiro atoms. The molecule has 1 aromatic heterocycles. The number of sulfonamides is 1. The molecular weight excluding hydrogens is 518 g/mol. The molecule has 0 unspecified atom stereocenters. The van der Waals surface area contributed by atoms with Gasteiger partial charge in [0.2, 0.25) is 5.91 Å². The number of fused-ring (bicyclic) bond motifs is 3. The van der Waals surface area contributed by atoms with E-state index in [1.54, 1.807) is 43.3 Å². The zero-order chi connectivity index (χ0) is 26.2. The van der Waals surface area contributed by atoms with Gasteiger partial charge < -0.3 is 5.32 Å². The van der Waals surface area contributed by atoms with Crippen molar-refractivity contribution in [2.45, 2.75) is 23.5 Å².